The highest BCUT2D eigenvalue weighted by Crippen LogP contribution is 2.30. The van der Waals surface area contributed by atoms with E-state index in [9.17, 15) is 14.7 Å². The first-order valence-corrected chi connectivity index (χ1v) is 7.61. The van der Waals surface area contributed by atoms with Crippen molar-refractivity contribution in [3.63, 3.8) is 0 Å². The van der Waals surface area contributed by atoms with E-state index < -0.39 is 17.7 Å². The summed E-state index contributed by atoms with van der Waals surface area (Å²) in [5, 5.41) is 9.34. The molecule has 2 heterocycles. The molecule has 0 aromatic carbocycles. The number of cyclic esters (lactones) is 1. The largest absolute Gasteiger partial charge is 0.479 e. The first-order valence-electron chi connectivity index (χ1n) is 7.61. The number of aliphatic hydroxyl groups is 1. The summed E-state index contributed by atoms with van der Waals surface area (Å²) < 4.78 is 10.8. The molecule has 0 amide bonds. The molecule has 5 nitrogen and oxygen atoms in total. The summed E-state index contributed by atoms with van der Waals surface area (Å²) in [5.41, 5.74) is -0.959. The number of allylic oxidation sites excluding steroid dienone is 4. The quantitative estimate of drug-likeness (QED) is 0.601. The number of rotatable bonds is 6. The van der Waals surface area contributed by atoms with Crippen molar-refractivity contribution < 1.29 is 24.2 Å². The Balaban J connectivity index is 1.86. The average molecular weight is 306 g/mol. The number of ketones is 1. The third-order valence-corrected chi connectivity index (χ3v) is 3.78. The Hall–Kier alpha value is -1.88. The molecule has 5 heteroatoms. The zero-order chi connectivity index (χ0) is 16.2. The molecule has 22 heavy (non-hydrogen) atoms. The summed E-state index contributed by atoms with van der Waals surface area (Å²) in [6.45, 7) is 3.77. The van der Waals surface area contributed by atoms with Crippen LogP contribution in [-0.2, 0) is 19.1 Å². The van der Waals surface area contributed by atoms with Gasteiger partial charge in [0, 0.05) is 18.9 Å². The molecule has 0 radical (unpaired) electrons. The van der Waals surface area contributed by atoms with Gasteiger partial charge in [0.05, 0.1) is 0 Å². The average Bonchev–Trinajstić information content (AvgIpc) is 2.94. The minimum atomic E-state index is -1.02. The molecule has 0 saturated carbocycles. The fourth-order valence-electron chi connectivity index (χ4n) is 2.45. The predicted octanol–water partition coefficient (Wildman–Crippen LogP) is 2.21. The topological polar surface area (TPSA) is 72.8 Å². The molecule has 0 aromatic heterocycles. The van der Waals surface area contributed by atoms with Gasteiger partial charge in [-0.3, -0.25) is 4.79 Å². The van der Waals surface area contributed by atoms with E-state index in [0.29, 0.717) is 25.0 Å². The summed E-state index contributed by atoms with van der Waals surface area (Å²) >= 11 is 0. The Kier molecular flexibility index (Phi) is 5.19. The van der Waals surface area contributed by atoms with E-state index in [1.807, 2.05) is 25.2 Å². The van der Waals surface area contributed by atoms with E-state index in [0.717, 1.165) is 6.42 Å². The summed E-state index contributed by atoms with van der Waals surface area (Å²) in [6.07, 6.45) is 9.89. The van der Waals surface area contributed by atoms with Gasteiger partial charge in [-0.05, 0) is 25.8 Å². The lowest BCUT2D eigenvalue weighted by Gasteiger charge is -2.20. The molecule has 1 N–H and O–H groups in total. The van der Waals surface area contributed by atoms with Crippen LogP contribution in [0.3, 0.4) is 0 Å². The lowest BCUT2D eigenvalue weighted by Crippen LogP contribution is -2.29. The van der Waals surface area contributed by atoms with Crippen molar-refractivity contribution in [3.05, 3.63) is 36.1 Å². The van der Waals surface area contributed by atoms with Crippen LogP contribution in [0.1, 0.15) is 39.5 Å². The molecule has 1 saturated heterocycles. The van der Waals surface area contributed by atoms with Crippen LogP contribution in [0.5, 0.6) is 0 Å². The molecule has 0 aromatic rings. The van der Waals surface area contributed by atoms with Crippen LogP contribution in [0, 0.1) is 0 Å². The standard InChI is InChI=1S/C17H22O5/c1-3-4-5-6-9-17(2)15(19)11-13(22-17)8-7-12-10-14(18)16(20)21-12/h4-6,9,11-12,14,18H,3,7-8,10H2,1-2H3/b5-4+,9-6+/t12?,14?,17-/m0/s1. The normalized spacial score (nSPS) is 31.9. The van der Waals surface area contributed by atoms with E-state index in [2.05, 4.69) is 0 Å². The number of hydrogen-bond donors (Lipinski definition) is 1. The molecule has 1 fully saturated rings. The highest BCUT2D eigenvalue weighted by Gasteiger charge is 2.38. The Morgan fingerprint density at radius 2 is 2.18 bits per heavy atom. The van der Waals surface area contributed by atoms with Gasteiger partial charge in [0.1, 0.15) is 11.9 Å². The minimum absolute atomic E-state index is 0.0906. The van der Waals surface area contributed by atoms with Gasteiger partial charge in [-0.1, -0.05) is 25.2 Å². The predicted molar refractivity (Wildman–Crippen MR) is 80.9 cm³/mol. The number of aliphatic hydroxyl groups excluding tert-OH is 1. The fraction of sp³-hybridized carbons (Fsp3) is 0.529. The minimum Gasteiger partial charge on any atom is -0.479 e. The Morgan fingerprint density at radius 3 is 2.82 bits per heavy atom. The number of carbonyl (C=O) groups excluding carboxylic acids is 2. The van der Waals surface area contributed by atoms with Gasteiger partial charge in [-0.25, -0.2) is 4.79 Å². The number of carbonyl (C=O) groups is 2. The summed E-state index contributed by atoms with van der Waals surface area (Å²) in [7, 11) is 0. The SMILES string of the molecule is CC/C=C/C=C/[C@]1(C)OC(CCC2CC(O)C(=O)O2)=CC1=O. The number of esters is 1. The van der Waals surface area contributed by atoms with Gasteiger partial charge in [0.2, 0.25) is 5.78 Å². The third kappa shape index (κ3) is 3.85. The molecule has 2 aliphatic rings. The van der Waals surface area contributed by atoms with Crippen molar-refractivity contribution in [2.75, 3.05) is 0 Å². The number of hydrogen-bond acceptors (Lipinski definition) is 5. The highest BCUT2D eigenvalue weighted by molar-refractivity contribution is 6.00. The van der Waals surface area contributed by atoms with E-state index in [1.54, 1.807) is 13.0 Å². The van der Waals surface area contributed by atoms with E-state index in [4.69, 9.17) is 9.47 Å². The first kappa shape index (κ1) is 16.5. The lowest BCUT2D eigenvalue weighted by molar-refractivity contribution is -0.147. The van der Waals surface area contributed by atoms with Crippen molar-refractivity contribution in [2.45, 2.75) is 57.3 Å². The molecule has 0 bridgehead atoms. The molecule has 0 aliphatic carbocycles. The van der Waals surface area contributed by atoms with Crippen molar-refractivity contribution in [2.24, 2.45) is 0 Å². The smallest absolute Gasteiger partial charge is 0.335 e. The van der Waals surface area contributed by atoms with E-state index >= 15 is 0 Å². The third-order valence-electron chi connectivity index (χ3n) is 3.78. The summed E-state index contributed by atoms with van der Waals surface area (Å²) in [5.74, 6) is -0.0703. The van der Waals surface area contributed by atoms with Crippen molar-refractivity contribution >= 4 is 11.8 Å². The fourth-order valence-corrected chi connectivity index (χ4v) is 2.45. The lowest BCUT2D eigenvalue weighted by atomic mass is 10.0. The maximum Gasteiger partial charge on any atom is 0.335 e. The van der Waals surface area contributed by atoms with Crippen LogP contribution in [-0.4, -0.2) is 34.7 Å². The van der Waals surface area contributed by atoms with Crippen molar-refractivity contribution in [1.29, 1.82) is 0 Å². The molecule has 2 rings (SSSR count). The summed E-state index contributed by atoms with van der Waals surface area (Å²) in [6, 6.07) is 0. The number of ether oxygens (including phenoxy) is 2. The first-order chi connectivity index (χ1) is 10.4. The molecule has 120 valence electrons. The van der Waals surface area contributed by atoms with Crippen LogP contribution in [0.2, 0.25) is 0 Å². The van der Waals surface area contributed by atoms with E-state index in [1.165, 1.54) is 6.08 Å². The van der Waals surface area contributed by atoms with Gasteiger partial charge in [0.25, 0.3) is 0 Å². The zero-order valence-electron chi connectivity index (χ0n) is 13.0. The van der Waals surface area contributed by atoms with Gasteiger partial charge in [-0.15, -0.1) is 0 Å². The van der Waals surface area contributed by atoms with Crippen LogP contribution in [0.4, 0.5) is 0 Å². The molecule has 2 aliphatic heterocycles. The van der Waals surface area contributed by atoms with Crippen LogP contribution >= 0.6 is 0 Å². The van der Waals surface area contributed by atoms with Gasteiger partial charge >= 0.3 is 5.97 Å². The maximum absolute atomic E-state index is 12.1. The van der Waals surface area contributed by atoms with Gasteiger partial charge in [-0.2, -0.15) is 0 Å². The molecule has 0 spiro atoms. The zero-order valence-corrected chi connectivity index (χ0v) is 13.0. The second-order valence-electron chi connectivity index (χ2n) is 5.73. The van der Waals surface area contributed by atoms with Crippen LogP contribution in [0.25, 0.3) is 0 Å². The van der Waals surface area contributed by atoms with E-state index in [-0.39, 0.29) is 11.9 Å². The van der Waals surface area contributed by atoms with Crippen molar-refractivity contribution in [1.82, 2.24) is 0 Å². The monoisotopic (exact) mass is 306 g/mol. The van der Waals surface area contributed by atoms with Gasteiger partial charge < -0.3 is 14.6 Å². The molecular formula is C17H22O5. The second-order valence-corrected chi connectivity index (χ2v) is 5.73. The van der Waals surface area contributed by atoms with Gasteiger partial charge in [0.15, 0.2) is 11.7 Å². The Morgan fingerprint density at radius 1 is 1.41 bits per heavy atom. The van der Waals surface area contributed by atoms with Crippen LogP contribution < -0.4 is 0 Å². The molecule has 2 unspecified atom stereocenters. The van der Waals surface area contributed by atoms with Crippen LogP contribution in [0.15, 0.2) is 36.1 Å². The Labute approximate surface area is 130 Å². The Bertz CT molecular complexity index is 531. The molecular weight excluding hydrogens is 284 g/mol. The van der Waals surface area contributed by atoms with Crippen molar-refractivity contribution in [3.8, 4) is 0 Å². The maximum atomic E-state index is 12.1. The molecule has 3 atom stereocenters. The summed E-state index contributed by atoms with van der Waals surface area (Å²) in [4.78, 5) is 23.2. The highest BCUT2D eigenvalue weighted by atomic mass is 16.6. The second kappa shape index (κ2) is 6.92.